The van der Waals surface area contributed by atoms with E-state index in [9.17, 15) is 4.79 Å². The molecule has 0 spiro atoms. The number of carbonyl (C=O) groups is 1. The van der Waals surface area contributed by atoms with Gasteiger partial charge < -0.3 is 0 Å². The van der Waals surface area contributed by atoms with Gasteiger partial charge in [-0.3, -0.25) is 4.79 Å². The summed E-state index contributed by atoms with van der Waals surface area (Å²) in [7, 11) is 0. The summed E-state index contributed by atoms with van der Waals surface area (Å²) < 4.78 is 0. The predicted molar refractivity (Wildman–Crippen MR) is 137 cm³/mol. The van der Waals surface area contributed by atoms with E-state index >= 15 is 0 Å². The van der Waals surface area contributed by atoms with Crippen LogP contribution in [0.5, 0.6) is 0 Å². The molecule has 0 heterocycles. The number of hydrogen-bond acceptors (Lipinski definition) is 1. The first-order valence-electron chi connectivity index (χ1n) is 13.4. The van der Waals surface area contributed by atoms with Crippen molar-refractivity contribution in [3.05, 3.63) is 64.3 Å². The highest BCUT2D eigenvalue weighted by Crippen LogP contribution is 2.56. The van der Waals surface area contributed by atoms with Gasteiger partial charge in [-0.1, -0.05) is 103 Å². The molecule has 1 nitrogen and oxygen atoms in total. The molecular formula is C31H42O. The zero-order chi connectivity index (χ0) is 22.6. The molecule has 0 N–H and O–H groups in total. The Hall–Kier alpha value is -1.89. The normalized spacial score (nSPS) is 24.1. The molecule has 1 unspecified atom stereocenters. The van der Waals surface area contributed by atoms with Crippen molar-refractivity contribution in [1.82, 2.24) is 0 Å². The molecule has 0 fully saturated rings. The van der Waals surface area contributed by atoms with Gasteiger partial charge >= 0.3 is 0 Å². The standard InChI is InChI=1S/C31H42O/c1-4-6-8-14-18-31(19-15-9-7-5-2)28-17-13-11-10-12-16-25(28)27-21-24-20-23(3)30(32)26(24)22-29(27)31/h10,12,16-17,21-23H,4-9,11,13-15,18-20H2,1-3H3/b12-10?,25-16-,28-17+. The molecule has 1 aromatic carbocycles. The van der Waals surface area contributed by atoms with E-state index in [0.717, 1.165) is 24.8 Å². The van der Waals surface area contributed by atoms with Gasteiger partial charge in [-0.25, -0.2) is 0 Å². The fourth-order valence-corrected chi connectivity index (χ4v) is 6.34. The van der Waals surface area contributed by atoms with Gasteiger partial charge in [0.2, 0.25) is 0 Å². The summed E-state index contributed by atoms with van der Waals surface area (Å²) in [6.07, 6.45) is 25.5. The smallest absolute Gasteiger partial charge is 0.166 e. The molecule has 1 aromatic rings. The van der Waals surface area contributed by atoms with E-state index in [1.54, 1.807) is 5.57 Å². The van der Waals surface area contributed by atoms with E-state index in [2.05, 4.69) is 57.2 Å². The van der Waals surface area contributed by atoms with Gasteiger partial charge in [-0.15, -0.1) is 0 Å². The fraction of sp³-hybridized carbons (Fsp3) is 0.581. The number of rotatable bonds is 10. The Morgan fingerprint density at radius 3 is 2.31 bits per heavy atom. The number of benzene rings is 1. The summed E-state index contributed by atoms with van der Waals surface area (Å²) in [6.45, 7) is 6.69. The first-order chi connectivity index (χ1) is 15.6. The second-order valence-corrected chi connectivity index (χ2v) is 10.4. The largest absolute Gasteiger partial charge is 0.294 e. The van der Waals surface area contributed by atoms with Crippen molar-refractivity contribution in [3.8, 4) is 0 Å². The van der Waals surface area contributed by atoms with Crippen LogP contribution in [0.1, 0.15) is 125 Å². The molecule has 3 aliphatic carbocycles. The van der Waals surface area contributed by atoms with E-state index in [-0.39, 0.29) is 11.3 Å². The highest BCUT2D eigenvalue weighted by atomic mass is 16.1. The van der Waals surface area contributed by atoms with Crippen LogP contribution in [-0.4, -0.2) is 5.78 Å². The molecule has 4 rings (SSSR count). The van der Waals surface area contributed by atoms with E-state index in [0.29, 0.717) is 5.78 Å². The zero-order valence-electron chi connectivity index (χ0n) is 20.6. The third-order valence-corrected chi connectivity index (χ3v) is 8.09. The van der Waals surface area contributed by atoms with Crippen molar-refractivity contribution >= 4 is 11.4 Å². The number of ketones is 1. The van der Waals surface area contributed by atoms with Crippen molar-refractivity contribution in [2.45, 2.75) is 110 Å². The number of carbonyl (C=O) groups excluding carboxylic acids is 1. The summed E-state index contributed by atoms with van der Waals surface area (Å²) in [5, 5.41) is 0. The summed E-state index contributed by atoms with van der Waals surface area (Å²) in [6, 6.07) is 4.76. The van der Waals surface area contributed by atoms with Crippen LogP contribution in [0.4, 0.5) is 0 Å². The highest BCUT2D eigenvalue weighted by Gasteiger charge is 2.45. The molecule has 0 radical (unpaired) electrons. The van der Waals surface area contributed by atoms with E-state index in [1.807, 2.05) is 0 Å². The molecule has 0 aromatic heterocycles. The van der Waals surface area contributed by atoms with E-state index < -0.39 is 0 Å². The van der Waals surface area contributed by atoms with Gasteiger partial charge in [0.25, 0.3) is 0 Å². The second-order valence-electron chi connectivity index (χ2n) is 10.4. The summed E-state index contributed by atoms with van der Waals surface area (Å²) in [5.74, 6) is 0.498. The molecule has 0 bridgehead atoms. The van der Waals surface area contributed by atoms with Crippen molar-refractivity contribution < 1.29 is 4.79 Å². The first-order valence-corrected chi connectivity index (χ1v) is 13.4. The molecule has 0 saturated heterocycles. The molecule has 172 valence electrons. The first kappa shape index (κ1) is 23.3. The Morgan fingerprint density at radius 2 is 1.62 bits per heavy atom. The lowest BCUT2D eigenvalue weighted by Crippen LogP contribution is -2.26. The molecule has 1 atom stereocenters. The molecular weight excluding hydrogens is 388 g/mol. The minimum Gasteiger partial charge on any atom is -0.294 e. The van der Waals surface area contributed by atoms with E-state index in [1.165, 1.54) is 86.5 Å². The maximum absolute atomic E-state index is 13.0. The number of fused-ring (bicyclic) bond motifs is 4. The maximum Gasteiger partial charge on any atom is 0.166 e. The van der Waals surface area contributed by atoms with Gasteiger partial charge in [-0.2, -0.15) is 0 Å². The molecule has 0 saturated carbocycles. The molecule has 0 aliphatic heterocycles. The Morgan fingerprint density at radius 1 is 0.906 bits per heavy atom. The van der Waals surface area contributed by atoms with Crippen molar-refractivity contribution in [1.29, 1.82) is 0 Å². The van der Waals surface area contributed by atoms with E-state index in [4.69, 9.17) is 0 Å². The van der Waals surface area contributed by atoms with Crippen LogP contribution in [0.15, 0.2) is 42.0 Å². The number of allylic oxidation sites excluding steroid dienone is 6. The Balaban J connectivity index is 1.82. The third kappa shape index (κ3) is 4.33. The second kappa shape index (κ2) is 10.4. The molecule has 1 heteroatoms. The zero-order valence-corrected chi connectivity index (χ0v) is 20.6. The lowest BCUT2D eigenvalue weighted by atomic mass is 9.69. The maximum atomic E-state index is 13.0. The summed E-state index contributed by atoms with van der Waals surface area (Å²) in [4.78, 5) is 13.0. The predicted octanol–water partition coefficient (Wildman–Crippen LogP) is 8.91. The Bertz CT molecular complexity index is 914. The van der Waals surface area contributed by atoms with Crippen LogP contribution in [0.3, 0.4) is 0 Å². The van der Waals surface area contributed by atoms with Gasteiger partial charge in [0.1, 0.15) is 0 Å². The van der Waals surface area contributed by atoms with Crippen LogP contribution in [0, 0.1) is 5.92 Å². The van der Waals surface area contributed by atoms with Gasteiger partial charge in [0.15, 0.2) is 5.78 Å². The average Bonchev–Trinajstić information content (AvgIpc) is 3.17. The summed E-state index contributed by atoms with van der Waals surface area (Å²) >= 11 is 0. The minimum absolute atomic E-state index is 0.0922. The number of Topliss-reactive ketones (excluding diaryl/α,β-unsaturated/α-hetero) is 1. The minimum atomic E-state index is 0.0922. The quantitative estimate of drug-likeness (QED) is 0.339. The van der Waals surface area contributed by atoms with Crippen molar-refractivity contribution in [3.63, 3.8) is 0 Å². The van der Waals surface area contributed by atoms with Gasteiger partial charge in [0, 0.05) is 16.9 Å². The Labute approximate surface area is 196 Å². The van der Waals surface area contributed by atoms with Gasteiger partial charge in [-0.05, 0) is 66.0 Å². The van der Waals surface area contributed by atoms with Crippen molar-refractivity contribution in [2.75, 3.05) is 0 Å². The highest BCUT2D eigenvalue weighted by molar-refractivity contribution is 6.04. The number of hydrogen-bond donors (Lipinski definition) is 0. The topological polar surface area (TPSA) is 17.1 Å². The van der Waals surface area contributed by atoms with Crippen molar-refractivity contribution in [2.24, 2.45) is 5.92 Å². The molecule has 3 aliphatic rings. The van der Waals surface area contributed by atoms with Crippen LogP contribution >= 0.6 is 0 Å². The molecule has 32 heavy (non-hydrogen) atoms. The monoisotopic (exact) mass is 430 g/mol. The average molecular weight is 431 g/mol. The SMILES string of the molecule is CCCCCCC1(CCCCCC)C2=C/CCC=C/C=C\2c2cc3c(cc21)C(=O)C(C)C3. The lowest BCUT2D eigenvalue weighted by molar-refractivity contribution is 0.0946. The molecule has 0 amide bonds. The van der Waals surface area contributed by atoms with Crippen LogP contribution in [-0.2, 0) is 11.8 Å². The fourth-order valence-electron chi connectivity index (χ4n) is 6.34. The number of unbranched alkanes of at least 4 members (excludes halogenated alkanes) is 6. The lowest BCUT2D eigenvalue weighted by Gasteiger charge is -2.34. The summed E-state index contributed by atoms with van der Waals surface area (Å²) in [5.41, 5.74) is 8.31. The van der Waals surface area contributed by atoms with Crippen LogP contribution < -0.4 is 0 Å². The van der Waals surface area contributed by atoms with Crippen LogP contribution in [0.2, 0.25) is 0 Å². The Kier molecular flexibility index (Phi) is 7.54. The van der Waals surface area contributed by atoms with Crippen LogP contribution in [0.25, 0.3) is 5.57 Å². The van der Waals surface area contributed by atoms with Gasteiger partial charge in [0.05, 0.1) is 0 Å². The third-order valence-electron chi connectivity index (χ3n) is 8.09.